The van der Waals surface area contributed by atoms with Gasteiger partial charge in [0.05, 0.1) is 23.7 Å². The average Bonchev–Trinajstić information content (AvgIpc) is 3.21. The average molecular weight is 332 g/mol. The predicted molar refractivity (Wildman–Crippen MR) is 89.0 cm³/mol. The minimum absolute atomic E-state index is 0.633. The Balaban J connectivity index is 1.81. The van der Waals surface area contributed by atoms with Crippen molar-refractivity contribution < 1.29 is 4.74 Å². The van der Waals surface area contributed by atoms with Crippen molar-refractivity contribution in [2.24, 2.45) is 0 Å². The molecule has 7 heteroatoms. The molecule has 0 aliphatic rings. The van der Waals surface area contributed by atoms with Crippen molar-refractivity contribution in [1.29, 1.82) is 0 Å². The molecule has 0 amide bonds. The first-order valence-electron chi connectivity index (χ1n) is 6.87. The van der Waals surface area contributed by atoms with E-state index in [0.717, 1.165) is 33.8 Å². The van der Waals surface area contributed by atoms with E-state index in [-0.39, 0.29) is 0 Å². The molecule has 0 bridgehead atoms. The predicted octanol–water partition coefficient (Wildman–Crippen LogP) is 3.34. The van der Waals surface area contributed by atoms with Crippen molar-refractivity contribution in [2.75, 3.05) is 13.7 Å². The van der Waals surface area contributed by atoms with Gasteiger partial charge in [0.15, 0.2) is 11.0 Å². The molecule has 3 aromatic heterocycles. The summed E-state index contributed by atoms with van der Waals surface area (Å²) in [6.45, 7) is 1.37. The van der Waals surface area contributed by atoms with Gasteiger partial charge in [-0.3, -0.25) is 9.55 Å². The number of nitrogens with zero attached hydrogens (tertiary/aromatic N) is 4. The Morgan fingerprint density at radius 2 is 2.18 bits per heavy atom. The first-order chi connectivity index (χ1) is 10.9. The summed E-state index contributed by atoms with van der Waals surface area (Å²) >= 11 is 3.31. The number of ether oxygens (including phenoxy) is 1. The molecule has 22 heavy (non-hydrogen) atoms. The highest BCUT2D eigenvalue weighted by Crippen LogP contribution is 2.28. The smallest absolute Gasteiger partial charge is 0.191 e. The largest absolute Gasteiger partial charge is 0.383 e. The van der Waals surface area contributed by atoms with Crippen LogP contribution in [0.1, 0.15) is 5.69 Å². The molecule has 0 saturated heterocycles. The number of thiophene rings is 1. The molecule has 5 nitrogen and oxygen atoms in total. The van der Waals surface area contributed by atoms with Gasteiger partial charge in [0.25, 0.3) is 0 Å². The van der Waals surface area contributed by atoms with Gasteiger partial charge in [-0.05, 0) is 23.6 Å². The van der Waals surface area contributed by atoms with Crippen LogP contribution < -0.4 is 0 Å². The van der Waals surface area contributed by atoms with Crippen molar-refractivity contribution in [1.82, 2.24) is 19.7 Å². The second kappa shape index (κ2) is 7.53. The number of hydrogen-bond donors (Lipinski definition) is 0. The van der Waals surface area contributed by atoms with E-state index in [0.29, 0.717) is 6.61 Å². The van der Waals surface area contributed by atoms with Crippen molar-refractivity contribution in [3.63, 3.8) is 0 Å². The summed E-state index contributed by atoms with van der Waals surface area (Å²) in [5, 5.41) is 11.6. The van der Waals surface area contributed by atoms with E-state index in [2.05, 4.69) is 25.8 Å². The summed E-state index contributed by atoms with van der Waals surface area (Å²) in [6, 6.07) is 10.0. The fourth-order valence-electron chi connectivity index (χ4n) is 1.99. The van der Waals surface area contributed by atoms with Gasteiger partial charge in [-0.25, -0.2) is 0 Å². The van der Waals surface area contributed by atoms with Crippen LogP contribution in [0.4, 0.5) is 0 Å². The third-order valence-electron chi connectivity index (χ3n) is 3.05. The van der Waals surface area contributed by atoms with Gasteiger partial charge in [0.2, 0.25) is 0 Å². The highest BCUT2D eigenvalue weighted by Gasteiger charge is 2.15. The molecule has 0 atom stereocenters. The summed E-state index contributed by atoms with van der Waals surface area (Å²) in [5.74, 6) is 1.67. The lowest BCUT2D eigenvalue weighted by Crippen LogP contribution is -2.07. The van der Waals surface area contributed by atoms with Crippen LogP contribution in [0.5, 0.6) is 0 Å². The second-order valence-corrected chi connectivity index (χ2v) is 6.43. The van der Waals surface area contributed by atoms with Gasteiger partial charge in [-0.1, -0.05) is 23.9 Å². The van der Waals surface area contributed by atoms with Gasteiger partial charge in [-0.15, -0.1) is 21.5 Å². The van der Waals surface area contributed by atoms with E-state index in [1.807, 2.05) is 35.8 Å². The Labute approximate surface area is 137 Å². The molecule has 114 valence electrons. The zero-order valence-corrected chi connectivity index (χ0v) is 13.8. The van der Waals surface area contributed by atoms with Crippen LogP contribution in [0.3, 0.4) is 0 Å². The molecule has 0 aliphatic heterocycles. The number of hydrogen-bond acceptors (Lipinski definition) is 6. The lowest BCUT2D eigenvalue weighted by molar-refractivity contribution is 0.185. The van der Waals surface area contributed by atoms with Gasteiger partial charge < -0.3 is 4.74 Å². The van der Waals surface area contributed by atoms with Crippen molar-refractivity contribution in [3.8, 4) is 10.7 Å². The molecule has 0 saturated carbocycles. The summed E-state index contributed by atoms with van der Waals surface area (Å²) in [5.41, 5.74) is 1.03. The van der Waals surface area contributed by atoms with E-state index < -0.39 is 0 Å². The first-order valence-corrected chi connectivity index (χ1v) is 8.73. The Hall–Kier alpha value is -1.70. The number of pyridine rings is 1. The highest BCUT2D eigenvalue weighted by molar-refractivity contribution is 7.98. The molecular weight excluding hydrogens is 316 g/mol. The Morgan fingerprint density at radius 1 is 1.23 bits per heavy atom. The zero-order valence-electron chi connectivity index (χ0n) is 12.2. The highest BCUT2D eigenvalue weighted by atomic mass is 32.2. The van der Waals surface area contributed by atoms with Crippen LogP contribution in [-0.2, 0) is 17.0 Å². The van der Waals surface area contributed by atoms with E-state index in [1.165, 1.54) is 0 Å². The van der Waals surface area contributed by atoms with Crippen LogP contribution >= 0.6 is 23.1 Å². The molecule has 3 rings (SSSR count). The molecule has 0 aromatic carbocycles. The maximum Gasteiger partial charge on any atom is 0.191 e. The zero-order chi connectivity index (χ0) is 15.2. The summed E-state index contributed by atoms with van der Waals surface area (Å²) in [4.78, 5) is 5.46. The molecule has 3 aromatic rings. The molecule has 0 radical (unpaired) electrons. The maximum atomic E-state index is 5.21. The quantitative estimate of drug-likeness (QED) is 0.621. The first kappa shape index (κ1) is 15.2. The van der Waals surface area contributed by atoms with Gasteiger partial charge >= 0.3 is 0 Å². The fraction of sp³-hybridized carbons (Fsp3) is 0.267. The number of methoxy groups -OCH3 is 1. The lowest BCUT2D eigenvalue weighted by atomic mass is 10.4. The van der Waals surface area contributed by atoms with Crippen LogP contribution in [0, 0.1) is 0 Å². The fourth-order valence-corrected chi connectivity index (χ4v) is 3.59. The van der Waals surface area contributed by atoms with Crippen LogP contribution in [0.15, 0.2) is 47.1 Å². The van der Waals surface area contributed by atoms with Crippen LogP contribution in [-0.4, -0.2) is 33.5 Å². The number of rotatable bonds is 7. The summed E-state index contributed by atoms with van der Waals surface area (Å²) < 4.78 is 7.32. The Kier molecular flexibility index (Phi) is 5.20. The topological polar surface area (TPSA) is 52.8 Å². The third kappa shape index (κ3) is 3.55. The maximum absolute atomic E-state index is 5.21. The molecule has 0 spiro atoms. The van der Waals surface area contributed by atoms with E-state index in [4.69, 9.17) is 4.74 Å². The van der Waals surface area contributed by atoms with Crippen molar-refractivity contribution in [3.05, 3.63) is 47.6 Å². The van der Waals surface area contributed by atoms with E-state index in [1.54, 1.807) is 30.2 Å². The molecule has 3 heterocycles. The molecule has 0 unspecified atom stereocenters. The molecular formula is C15H16N4OS2. The minimum atomic E-state index is 0.633. The molecule has 0 N–H and O–H groups in total. The molecule has 0 fully saturated rings. The Bertz CT molecular complexity index is 698. The van der Waals surface area contributed by atoms with Gasteiger partial charge in [0, 0.05) is 19.1 Å². The monoisotopic (exact) mass is 332 g/mol. The van der Waals surface area contributed by atoms with Gasteiger partial charge in [-0.2, -0.15) is 0 Å². The number of aromatic nitrogens is 4. The van der Waals surface area contributed by atoms with Crippen LogP contribution in [0.25, 0.3) is 10.7 Å². The normalized spacial score (nSPS) is 11.0. The number of thioether (sulfide) groups is 1. The Morgan fingerprint density at radius 3 is 2.91 bits per heavy atom. The minimum Gasteiger partial charge on any atom is -0.383 e. The van der Waals surface area contributed by atoms with E-state index in [9.17, 15) is 0 Å². The van der Waals surface area contributed by atoms with Crippen LogP contribution in [0.2, 0.25) is 0 Å². The third-order valence-corrected chi connectivity index (χ3v) is 4.92. The van der Waals surface area contributed by atoms with E-state index >= 15 is 0 Å². The molecule has 0 aliphatic carbocycles. The standard InChI is InChI=1S/C15H16N4OS2/c1-20-9-8-19-14(13-6-4-10-21-13)17-18-15(19)22-11-12-5-2-3-7-16-12/h2-7,10H,8-9,11H2,1H3. The summed E-state index contributed by atoms with van der Waals surface area (Å²) in [7, 11) is 1.70. The summed E-state index contributed by atoms with van der Waals surface area (Å²) in [6.07, 6.45) is 1.81. The second-order valence-electron chi connectivity index (χ2n) is 4.54. The van der Waals surface area contributed by atoms with Crippen molar-refractivity contribution in [2.45, 2.75) is 17.5 Å². The van der Waals surface area contributed by atoms with Crippen molar-refractivity contribution >= 4 is 23.1 Å². The van der Waals surface area contributed by atoms with Gasteiger partial charge in [0.1, 0.15) is 0 Å². The SMILES string of the molecule is COCCn1c(SCc2ccccn2)nnc1-c1cccs1. The lowest BCUT2D eigenvalue weighted by Gasteiger charge is -2.08.